The fourth-order valence-corrected chi connectivity index (χ4v) is 5.31. The van der Waals surface area contributed by atoms with Crippen molar-refractivity contribution in [3.05, 3.63) is 82.4 Å². The third-order valence-corrected chi connectivity index (χ3v) is 7.53. The maximum Gasteiger partial charge on any atom is 0.264 e. The minimum absolute atomic E-state index is 0.123. The Kier molecular flexibility index (Phi) is 6.82. The van der Waals surface area contributed by atoms with E-state index >= 15 is 0 Å². The SMILES string of the molecule is COc1ccc(OC)c(C(C)N(c2ccc(C)cc2)S(=O)(=O)c2ccc(C)c(Cl)c2)c1. The van der Waals surface area contributed by atoms with Crippen LogP contribution < -0.4 is 13.8 Å². The number of hydrogen-bond acceptors (Lipinski definition) is 4. The predicted octanol–water partition coefficient (Wildman–Crippen LogP) is 5.93. The van der Waals surface area contributed by atoms with Gasteiger partial charge in [0.1, 0.15) is 11.5 Å². The van der Waals surface area contributed by atoms with Crippen LogP contribution in [-0.4, -0.2) is 22.6 Å². The lowest BCUT2D eigenvalue weighted by atomic mass is 10.1. The molecular weight excluding hydrogens is 434 g/mol. The summed E-state index contributed by atoms with van der Waals surface area (Å²) >= 11 is 6.26. The van der Waals surface area contributed by atoms with Crippen molar-refractivity contribution < 1.29 is 17.9 Å². The molecule has 7 heteroatoms. The molecule has 0 aromatic heterocycles. The summed E-state index contributed by atoms with van der Waals surface area (Å²) in [6, 6.07) is 16.9. The van der Waals surface area contributed by atoms with Crippen LogP contribution in [0, 0.1) is 13.8 Å². The largest absolute Gasteiger partial charge is 0.497 e. The molecule has 0 bridgehead atoms. The summed E-state index contributed by atoms with van der Waals surface area (Å²) in [5.41, 5.74) is 3.07. The highest BCUT2D eigenvalue weighted by Crippen LogP contribution is 2.39. The molecule has 31 heavy (non-hydrogen) atoms. The van der Waals surface area contributed by atoms with E-state index in [-0.39, 0.29) is 4.90 Å². The highest BCUT2D eigenvalue weighted by molar-refractivity contribution is 7.92. The van der Waals surface area contributed by atoms with Crippen LogP contribution in [0.1, 0.15) is 29.7 Å². The van der Waals surface area contributed by atoms with Gasteiger partial charge in [-0.1, -0.05) is 35.4 Å². The number of aryl methyl sites for hydroxylation is 2. The molecule has 0 spiro atoms. The molecule has 0 heterocycles. The van der Waals surface area contributed by atoms with Crippen LogP contribution in [0.2, 0.25) is 5.02 Å². The quantitative estimate of drug-likeness (QED) is 0.439. The zero-order valence-electron chi connectivity index (χ0n) is 18.2. The third kappa shape index (κ3) is 4.65. The van der Waals surface area contributed by atoms with Crippen LogP contribution in [0.15, 0.2) is 65.6 Å². The van der Waals surface area contributed by atoms with E-state index in [0.29, 0.717) is 27.8 Å². The highest BCUT2D eigenvalue weighted by atomic mass is 35.5. The monoisotopic (exact) mass is 459 g/mol. The van der Waals surface area contributed by atoms with Crippen LogP contribution in [0.5, 0.6) is 11.5 Å². The number of sulfonamides is 1. The van der Waals surface area contributed by atoms with E-state index in [0.717, 1.165) is 11.1 Å². The van der Waals surface area contributed by atoms with E-state index in [1.54, 1.807) is 56.7 Å². The Morgan fingerprint density at radius 3 is 2.16 bits per heavy atom. The van der Waals surface area contributed by atoms with Gasteiger partial charge in [-0.15, -0.1) is 0 Å². The average molecular weight is 460 g/mol. The number of ether oxygens (including phenoxy) is 2. The van der Waals surface area contributed by atoms with Gasteiger partial charge in [-0.3, -0.25) is 4.31 Å². The molecule has 3 aromatic carbocycles. The molecule has 0 fully saturated rings. The lowest BCUT2D eigenvalue weighted by Gasteiger charge is -2.32. The first-order chi connectivity index (χ1) is 14.7. The standard InChI is InChI=1S/C24H26ClNO4S/c1-16-6-9-19(10-7-16)26(31(27,28)21-12-8-17(2)23(25)15-21)18(3)22-14-20(29-4)11-13-24(22)30-5/h6-15,18H,1-5H3. The second-order valence-electron chi connectivity index (χ2n) is 7.33. The summed E-state index contributed by atoms with van der Waals surface area (Å²) in [6.45, 7) is 5.61. The van der Waals surface area contributed by atoms with Crippen molar-refractivity contribution >= 4 is 27.3 Å². The maximum atomic E-state index is 13.8. The van der Waals surface area contributed by atoms with Crippen molar-refractivity contribution in [1.82, 2.24) is 0 Å². The molecule has 1 unspecified atom stereocenters. The van der Waals surface area contributed by atoms with E-state index < -0.39 is 16.1 Å². The number of nitrogens with zero attached hydrogens (tertiary/aromatic N) is 1. The van der Waals surface area contributed by atoms with Gasteiger partial charge in [-0.2, -0.15) is 0 Å². The molecule has 0 N–H and O–H groups in total. The Morgan fingerprint density at radius 1 is 0.903 bits per heavy atom. The lowest BCUT2D eigenvalue weighted by molar-refractivity contribution is 0.396. The van der Waals surface area contributed by atoms with Gasteiger partial charge in [0.15, 0.2) is 0 Å². The number of methoxy groups -OCH3 is 2. The number of rotatable bonds is 7. The van der Waals surface area contributed by atoms with Crippen LogP contribution in [0.3, 0.4) is 0 Å². The molecule has 3 rings (SSSR count). The molecule has 1 atom stereocenters. The second-order valence-corrected chi connectivity index (χ2v) is 9.55. The van der Waals surface area contributed by atoms with E-state index in [9.17, 15) is 8.42 Å². The van der Waals surface area contributed by atoms with E-state index in [4.69, 9.17) is 21.1 Å². The maximum absolute atomic E-state index is 13.8. The van der Waals surface area contributed by atoms with Crippen LogP contribution in [0.4, 0.5) is 5.69 Å². The van der Waals surface area contributed by atoms with Crippen molar-refractivity contribution in [2.24, 2.45) is 0 Å². The summed E-state index contributed by atoms with van der Waals surface area (Å²) < 4.78 is 40.0. The van der Waals surface area contributed by atoms with Gasteiger partial charge in [-0.05, 0) is 68.8 Å². The zero-order chi connectivity index (χ0) is 22.8. The summed E-state index contributed by atoms with van der Waals surface area (Å²) in [6.07, 6.45) is 0. The van der Waals surface area contributed by atoms with Gasteiger partial charge < -0.3 is 9.47 Å². The molecule has 0 aliphatic rings. The van der Waals surface area contributed by atoms with Gasteiger partial charge in [0, 0.05) is 10.6 Å². The van der Waals surface area contributed by atoms with Crippen LogP contribution in [0.25, 0.3) is 0 Å². The zero-order valence-corrected chi connectivity index (χ0v) is 19.8. The summed E-state index contributed by atoms with van der Waals surface area (Å²) in [5, 5.41) is 0.400. The molecule has 3 aromatic rings. The molecule has 164 valence electrons. The Labute approximate surface area is 189 Å². The molecule has 0 saturated carbocycles. The summed E-state index contributed by atoms with van der Waals surface area (Å²) in [7, 11) is -0.819. The van der Waals surface area contributed by atoms with Crippen molar-refractivity contribution in [3.63, 3.8) is 0 Å². The summed E-state index contributed by atoms with van der Waals surface area (Å²) in [4.78, 5) is 0.123. The molecular formula is C24H26ClNO4S. The first-order valence-electron chi connectivity index (χ1n) is 9.78. The smallest absolute Gasteiger partial charge is 0.264 e. The number of anilines is 1. The normalized spacial score (nSPS) is 12.3. The second kappa shape index (κ2) is 9.20. The van der Waals surface area contributed by atoms with Gasteiger partial charge in [0.25, 0.3) is 10.0 Å². The molecule has 0 radical (unpaired) electrons. The Bertz CT molecular complexity index is 1180. The van der Waals surface area contributed by atoms with Gasteiger partial charge >= 0.3 is 0 Å². The van der Waals surface area contributed by atoms with Gasteiger partial charge in [0.05, 0.1) is 30.8 Å². The number of halogens is 1. The Balaban J connectivity index is 2.22. The minimum atomic E-state index is -3.95. The molecule has 0 amide bonds. The predicted molar refractivity (Wildman–Crippen MR) is 125 cm³/mol. The summed E-state index contributed by atoms with van der Waals surface area (Å²) in [5.74, 6) is 1.19. The van der Waals surface area contributed by atoms with Crippen LogP contribution >= 0.6 is 11.6 Å². The van der Waals surface area contributed by atoms with Gasteiger partial charge in [-0.25, -0.2) is 8.42 Å². The molecule has 0 aliphatic heterocycles. The minimum Gasteiger partial charge on any atom is -0.497 e. The van der Waals surface area contributed by atoms with E-state index in [2.05, 4.69) is 0 Å². The Morgan fingerprint density at radius 2 is 1.58 bits per heavy atom. The lowest BCUT2D eigenvalue weighted by Crippen LogP contribution is -2.34. The van der Waals surface area contributed by atoms with Crippen molar-refractivity contribution in [1.29, 1.82) is 0 Å². The number of benzene rings is 3. The third-order valence-electron chi connectivity index (χ3n) is 5.23. The average Bonchev–Trinajstić information content (AvgIpc) is 2.76. The topological polar surface area (TPSA) is 55.8 Å². The van der Waals surface area contributed by atoms with Crippen LogP contribution in [-0.2, 0) is 10.0 Å². The van der Waals surface area contributed by atoms with Crippen molar-refractivity contribution in [2.75, 3.05) is 18.5 Å². The first-order valence-corrected chi connectivity index (χ1v) is 11.6. The Hall–Kier alpha value is -2.70. The first kappa shape index (κ1) is 23.0. The van der Waals surface area contributed by atoms with Gasteiger partial charge in [0.2, 0.25) is 0 Å². The molecule has 5 nitrogen and oxygen atoms in total. The number of hydrogen-bond donors (Lipinski definition) is 0. The molecule has 0 aliphatic carbocycles. The van der Waals surface area contributed by atoms with Crippen molar-refractivity contribution in [3.8, 4) is 11.5 Å². The fourth-order valence-electron chi connectivity index (χ4n) is 3.40. The highest BCUT2D eigenvalue weighted by Gasteiger charge is 2.32. The van der Waals surface area contributed by atoms with E-state index in [1.165, 1.54) is 10.4 Å². The van der Waals surface area contributed by atoms with E-state index in [1.807, 2.05) is 32.9 Å². The fraction of sp³-hybridized carbons (Fsp3) is 0.250. The molecule has 0 saturated heterocycles. The van der Waals surface area contributed by atoms with Crippen molar-refractivity contribution in [2.45, 2.75) is 31.7 Å².